The minimum absolute atomic E-state index is 0.351. The highest BCUT2D eigenvalue weighted by atomic mass is 19.4. The van der Waals surface area contributed by atoms with Crippen LogP contribution in [-0.2, 0) is 19.1 Å². The second-order valence-corrected chi connectivity index (χ2v) is 6.54. The van der Waals surface area contributed by atoms with E-state index in [1.165, 1.54) is 6.07 Å². The average molecular weight is 394 g/mol. The van der Waals surface area contributed by atoms with Crippen LogP contribution < -0.4 is 10.1 Å². The molecule has 0 aliphatic rings. The lowest BCUT2D eigenvalue weighted by Gasteiger charge is -2.09. The summed E-state index contributed by atoms with van der Waals surface area (Å²) in [5.74, 6) is 0.713. The van der Waals surface area contributed by atoms with Crippen LogP contribution in [0.1, 0.15) is 23.1 Å². The van der Waals surface area contributed by atoms with Gasteiger partial charge in [0, 0.05) is 30.1 Å². The Morgan fingerprint density at radius 1 is 1.07 bits per heavy atom. The highest BCUT2D eigenvalue weighted by molar-refractivity contribution is 5.84. The van der Waals surface area contributed by atoms with E-state index >= 15 is 0 Å². The van der Waals surface area contributed by atoms with E-state index in [1.54, 1.807) is 6.20 Å². The van der Waals surface area contributed by atoms with Gasteiger partial charge in [-0.15, -0.1) is 0 Å². The molecule has 0 unspecified atom stereocenters. The molecule has 0 saturated heterocycles. The summed E-state index contributed by atoms with van der Waals surface area (Å²) in [6.45, 7) is 1.28. The fourth-order valence-electron chi connectivity index (χ4n) is 3.02. The van der Waals surface area contributed by atoms with Crippen molar-refractivity contribution in [1.29, 1.82) is 0 Å². The van der Waals surface area contributed by atoms with Crippen molar-refractivity contribution in [2.24, 2.45) is 0 Å². The van der Waals surface area contributed by atoms with E-state index in [1.807, 2.05) is 24.3 Å². The van der Waals surface area contributed by atoms with Crippen molar-refractivity contribution < 1.29 is 22.3 Å². The molecule has 7 heteroatoms. The molecule has 0 atom stereocenters. The predicted molar refractivity (Wildman–Crippen MR) is 101 cm³/mol. The summed E-state index contributed by atoms with van der Waals surface area (Å²) in [4.78, 5) is 2.92. The quantitative estimate of drug-likeness (QED) is 0.384. The van der Waals surface area contributed by atoms with Crippen LogP contribution in [0.4, 0.5) is 17.6 Å². The van der Waals surface area contributed by atoms with Gasteiger partial charge in [0.1, 0.15) is 5.75 Å². The molecule has 150 valence electrons. The lowest BCUT2D eigenvalue weighted by molar-refractivity contribution is -0.137. The third kappa shape index (κ3) is 5.25. The lowest BCUT2D eigenvalue weighted by Crippen LogP contribution is -2.16. The van der Waals surface area contributed by atoms with Crippen LogP contribution in [0.15, 0.2) is 48.7 Å². The van der Waals surface area contributed by atoms with E-state index in [4.69, 9.17) is 4.74 Å². The number of H-pyrrole nitrogens is 1. The number of hydrogen-bond donors (Lipinski definition) is 2. The summed E-state index contributed by atoms with van der Waals surface area (Å²) in [6.07, 6.45) is -1.52. The van der Waals surface area contributed by atoms with Gasteiger partial charge in [-0.2, -0.15) is 13.2 Å². The number of aromatic nitrogens is 1. The number of benzene rings is 2. The maximum Gasteiger partial charge on any atom is 0.416 e. The molecule has 28 heavy (non-hydrogen) atoms. The normalized spacial score (nSPS) is 11.9. The Bertz CT molecular complexity index is 905. The smallest absolute Gasteiger partial charge is 0.416 e. The summed E-state index contributed by atoms with van der Waals surface area (Å²) in [7, 11) is 0. The maximum atomic E-state index is 12.8. The van der Waals surface area contributed by atoms with E-state index in [-0.39, 0.29) is 0 Å². The van der Waals surface area contributed by atoms with E-state index in [0.29, 0.717) is 43.8 Å². The number of rotatable bonds is 9. The van der Waals surface area contributed by atoms with Crippen LogP contribution in [0.3, 0.4) is 0 Å². The standard InChI is InChI=1S/C21H22F4N2O/c22-8-2-10-28-18-4-1-3-15(11-18)13-26-9-7-16-14-27-20-12-17(21(23,24)25)5-6-19(16)20/h1,3-6,11-12,14,26-27H,2,7-10,13H2. The first-order chi connectivity index (χ1) is 13.5. The highest BCUT2D eigenvalue weighted by Crippen LogP contribution is 2.32. The molecule has 2 aromatic carbocycles. The molecule has 0 aliphatic heterocycles. The third-order valence-electron chi connectivity index (χ3n) is 4.44. The van der Waals surface area contributed by atoms with E-state index in [2.05, 4.69) is 10.3 Å². The summed E-state index contributed by atoms with van der Waals surface area (Å²) in [6, 6.07) is 11.4. The summed E-state index contributed by atoms with van der Waals surface area (Å²) in [5, 5.41) is 4.13. The minimum atomic E-state index is -4.34. The Kier molecular flexibility index (Phi) is 6.57. The monoisotopic (exact) mass is 394 g/mol. The average Bonchev–Trinajstić information content (AvgIpc) is 3.07. The fourth-order valence-corrected chi connectivity index (χ4v) is 3.02. The molecule has 0 radical (unpaired) electrons. The predicted octanol–water partition coefficient (Wildman–Crippen LogP) is 5.26. The number of hydrogen-bond acceptors (Lipinski definition) is 2. The molecule has 1 aromatic heterocycles. The summed E-state index contributed by atoms with van der Waals surface area (Å²) in [5.41, 5.74) is 1.86. The van der Waals surface area contributed by atoms with Crippen LogP contribution >= 0.6 is 0 Å². The van der Waals surface area contributed by atoms with Gasteiger partial charge < -0.3 is 15.0 Å². The molecular formula is C21H22F4N2O. The van der Waals surface area contributed by atoms with Gasteiger partial charge in [-0.3, -0.25) is 4.39 Å². The first-order valence-electron chi connectivity index (χ1n) is 9.13. The van der Waals surface area contributed by atoms with Crippen molar-refractivity contribution in [3.8, 4) is 5.75 Å². The zero-order valence-electron chi connectivity index (χ0n) is 15.3. The Morgan fingerprint density at radius 2 is 1.93 bits per heavy atom. The third-order valence-corrected chi connectivity index (χ3v) is 4.44. The molecule has 3 rings (SSSR count). The van der Waals surface area contributed by atoms with Crippen LogP contribution in [0, 0.1) is 0 Å². The van der Waals surface area contributed by atoms with Crippen molar-refractivity contribution in [1.82, 2.24) is 10.3 Å². The first-order valence-corrected chi connectivity index (χ1v) is 9.13. The van der Waals surface area contributed by atoms with Crippen LogP contribution in [0.25, 0.3) is 10.9 Å². The van der Waals surface area contributed by atoms with E-state index < -0.39 is 18.4 Å². The van der Waals surface area contributed by atoms with Crippen LogP contribution in [0.2, 0.25) is 0 Å². The van der Waals surface area contributed by atoms with Crippen LogP contribution in [0.5, 0.6) is 5.75 Å². The zero-order valence-corrected chi connectivity index (χ0v) is 15.3. The van der Waals surface area contributed by atoms with Gasteiger partial charge in [-0.25, -0.2) is 0 Å². The Balaban J connectivity index is 1.52. The molecular weight excluding hydrogens is 372 g/mol. The lowest BCUT2D eigenvalue weighted by atomic mass is 10.1. The largest absolute Gasteiger partial charge is 0.493 e. The molecule has 0 spiro atoms. The minimum Gasteiger partial charge on any atom is -0.493 e. The van der Waals surface area contributed by atoms with E-state index in [0.717, 1.165) is 28.6 Å². The van der Waals surface area contributed by atoms with Crippen LogP contribution in [-0.4, -0.2) is 24.8 Å². The highest BCUT2D eigenvalue weighted by Gasteiger charge is 2.30. The molecule has 3 nitrogen and oxygen atoms in total. The van der Waals surface area contributed by atoms with Crippen molar-refractivity contribution in [3.05, 3.63) is 65.4 Å². The summed E-state index contributed by atoms with van der Waals surface area (Å²) < 4.78 is 56.0. The summed E-state index contributed by atoms with van der Waals surface area (Å²) >= 11 is 0. The number of halogens is 4. The van der Waals surface area contributed by atoms with Gasteiger partial charge in [-0.05, 0) is 48.4 Å². The van der Waals surface area contributed by atoms with Gasteiger partial charge in [0.2, 0.25) is 0 Å². The van der Waals surface area contributed by atoms with Gasteiger partial charge in [0.05, 0.1) is 18.8 Å². The molecule has 0 aliphatic carbocycles. The Morgan fingerprint density at radius 3 is 2.71 bits per heavy atom. The van der Waals surface area contributed by atoms with Gasteiger partial charge >= 0.3 is 6.18 Å². The topological polar surface area (TPSA) is 37.0 Å². The molecule has 0 bridgehead atoms. The van der Waals surface area contributed by atoms with Gasteiger partial charge in [0.15, 0.2) is 0 Å². The van der Waals surface area contributed by atoms with Crippen molar-refractivity contribution >= 4 is 10.9 Å². The van der Waals surface area contributed by atoms with Gasteiger partial charge in [-0.1, -0.05) is 18.2 Å². The number of fused-ring (bicyclic) bond motifs is 1. The van der Waals surface area contributed by atoms with Crippen molar-refractivity contribution in [2.45, 2.75) is 25.6 Å². The second-order valence-electron chi connectivity index (χ2n) is 6.54. The molecule has 1 heterocycles. The Hall–Kier alpha value is -2.54. The molecule has 3 aromatic rings. The SMILES string of the molecule is FCCCOc1cccc(CNCCc2c[nH]c3cc(C(F)(F)F)ccc23)c1. The second kappa shape index (κ2) is 9.10. The molecule has 0 saturated carbocycles. The number of aromatic amines is 1. The fraction of sp³-hybridized carbons (Fsp3) is 0.333. The molecule has 0 amide bonds. The number of ether oxygens (including phenoxy) is 1. The van der Waals surface area contributed by atoms with E-state index in [9.17, 15) is 17.6 Å². The van der Waals surface area contributed by atoms with Crippen molar-refractivity contribution in [3.63, 3.8) is 0 Å². The van der Waals surface area contributed by atoms with Gasteiger partial charge in [0.25, 0.3) is 0 Å². The number of nitrogens with one attached hydrogen (secondary N) is 2. The first kappa shape index (κ1) is 20.2. The number of alkyl halides is 4. The maximum absolute atomic E-state index is 12.8. The molecule has 2 N–H and O–H groups in total. The van der Waals surface area contributed by atoms with Crippen molar-refractivity contribution in [2.75, 3.05) is 19.8 Å². The molecule has 0 fully saturated rings. The zero-order chi connectivity index (χ0) is 20.0. The Labute approximate surface area is 160 Å².